The lowest BCUT2D eigenvalue weighted by Crippen LogP contribution is -2.04. The first-order valence-corrected chi connectivity index (χ1v) is 8.57. The Morgan fingerprint density at radius 1 is 0.893 bits per heavy atom. The van der Waals surface area contributed by atoms with Gasteiger partial charge in [0.2, 0.25) is 0 Å². The average molecular weight is 378 g/mol. The van der Waals surface area contributed by atoms with Gasteiger partial charge in [-0.3, -0.25) is 4.79 Å². The van der Waals surface area contributed by atoms with Gasteiger partial charge in [0.05, 0.1) is 0 Å². The lowest BCUT2D eigenvalue weighted by atomic mass is 9.87. The van der Waals surface area contributed by atoms with E-state index in [1.165, 1.54) is 18.2 Å². The molecule has 1 aliphatic carbocycles. The normalized spacial score (nSPS) is 15.0. The summed E-state index contributed by atoms with van der Waals surface area (Å²) in [5.74, 6) is -1.52. The number of hydrogen-bond acceptors (Lipinski definition) is 3. The van der Waals surface area contributed by atoms with Gasteiger partial charge < -0.3 is 15.7 Å². The molecule has 0 fully saturated rings. The number of carboxylic acid groups (broad SMARTS) is 1. The summed E-state index contributed by atoms with van der Waals surface area (Å²) in [5.41, 5.74) is 5.92. The summed E-state index contributed by atoms with van der Waals surface area (Å²) < 4.78 is 0. The van der Waals surface area contributed by atoms with Gasteiger partial charge in [-0.1, -0.05) is 30.3 Å². The maximum Gasteiger partial charge on any atom is 0.339 e. The molecule has 0 unspecified atom stereocenters. The van der Waals surface area contributed by atoms with Crippen molar-refractivity contribution < 1.29 is 25.3 Å². The van der Waals surface area contributed by atoms with Crippen molar-refractivity contribution in [3.63, 3.8) is 0 Å². The minimum absolute atomic E-state index is 0. The molecule has 5 heteroatoms. The summed E-state index contributed by atoms with van der Waals surface area (Å²) in [7, 11) is 0. The van der Waals surface area contributed by atoms with Gasteiger partial charge >= 0.3 is 5.97 Å². The molecule has 0 amide bonds. The van der Waals surface area contributed by atoms with Crippen molar-refractivity contribution in [1.29, 1.82) is 0 Å². The summed E-state index contributed by atoms with van der Waals surface area (Å²) in [6, 6.07) is 10.6. The molecule has 0 aromatic heterocycles. The molecule has 3 rings (SSSR count). The average Bonchev–Trinajstić information content (AvgIpc) is 2.62. The van der Waals surface area contributed by atoms with Crippen LogP contribution in [0.4, 0.5) is 0 Å². The highest BCUT2D eigenvalue weighted by atomic mass is 16.4. The number of phenols is 1. The molecule has 5 nitrogen and oxygen atoms in total. The van der Waals surface area contributed by atoms with E-state index in [0.29, 0.717) is 11.1 Å². The zero-order valence-corrected chi connectivity index (χ0v) is 15.9. The lowest BCUT2D eigenvalue weighted by Gasteiger charge is -2.16. The van der Waals surface area contributed by atoms with Crippen molar-refractivity contribution in [2.45, 2.75) is 20.8 Å². The molecule has 0 saturated heterocycles. The Balaban J connectivity index is 0.00000280. The second-order valence-corrected chi connectivity index (χ2v) is 6.69. The number of aromatic hydroxyl groups is 1. The third-order valence-corrected chi connectivity index (χ3v) is 4.77. The monoisotopic (exact) mass is 378 g/mol. The minimum Gasteiger partial charge on any atom is -0.507 e. The van der Waals surface area contributed by atoms with Gasteiger partial charge in [-0.25, -0.2) is 4.79 Å². The van der Waals surface area contributed by atoms with Crippen LogP contribution < -0.4 is 0 Å². The molecule has 1 aliphatic rings. The molecular weight excluding hydrogens is 356 g/mol. The Labute approximate surface area is 163 Å². The number of ketones is 1. The van der Waals surface area contributed by atoms with E-state index in [2.05, 4.69) is 0 Å². The van der Waals surface area contributed by atoms with E-state index >= 15 is 0 Å². The number of benzene rings is 2. The molecule has 0 aliphatic heterocycles. The number of carbonyl (C=O) groups excluding carboxylic acids is 1. The van der Waals surface area contributed by atoms with E-state index in [1.807, 2.05) is 32.0 Å². The second kappa shape index (κ2) is 8.06. The fraction of sp³-hybridized carbons (Fsp3) is 0.130. The Bertz CT molecular complexity index is 1050. The highest BCUT2D eigenvalue weighted by Crippen LogP contribution is 2.33. The minimum atomic E-state index is -1.19. The van der Waals surface area contributed by atoms with Gasteiger partial charge in [0.15, 0.2) is 5.78 Å². The molecule has 144 valence electrons. The van der Waals surface area contributed by atoms with E-state index in [1.54, 1.807) is 25.1 Å². The first kappa shape index (κ1) is 20.9. The largest absolute Gasteiger partial charge is 0.507 e. The summed E-state index contributed by atoms with van der Waals surface area (Å²) in [5, 5.41) is 19.2. The zero-order valence-electron chi connectivity index (χ0n) is 15.9. The van der Waals surface area contributed by atoms with E-state index in [4.69, 9.17) is 0 Å². The van der Waals surface area contributed by atoms with Crippen LogP contribution in [0.15, 0.2) is 65.8 Å². The molecule has 0 spiro atoms. The molecule has 0 atom stereocenters. The van der Waals surface area contributed by atoms with Crippen LogP contribution >= 0.6 is 0 Å². The number of allylic oxidation sites excluding steroid dienone is 5. The molecule has 0 radical (unpaired) electrons. The number of carbonyl (C=O) groups is 2. The van der Waals surface area contributed by atoms with Crippen LogP contribution in [0.1, 0.15) is 39.5 Å². The van der Waals surface area contributed by atoms with E-state index < -0.39 is 5.97 Å². The van der Waals surface area contributed by atoms with Crippen molar-refractivity contribution in [2.75, 3.05) is 0 Å². The number of hydrogen-bond donors (Lipinski definition) is 2. The van der Waals surface area contributed by atoms with E-state index in [0.717, 1.165) is 27.8 Å². The SMILES string of the molecule is CC1=C/C(=C(/c2ccc(C)c(C)c2)c2ccc(O)c(C(=O)O)c2)C=CC1=O.O. The Morgan fingerprint density at radius 3 is 2.14 bits per heavy atom. The van der Waals surface area contributed by atoms with Crippen LogP contribution in [0.2, 0.25) is 0 Å². The standard InChI is InChI=1S/C23H20O4.H2O/c1-13-4-5-16(10-14(13)2)22(17-6-8-20(24)15(3)11-17)18-7-9-21(25)19(12-18)23(26)27;/h4-12,25H,1-3H3,(H,26,27);1H2/b22-17-;. The second-order valence-electron chi connectivity index (χ2n) is 6.69. The topological polar surface area (TPSA) is 106 Å². The van der Waals surface area contributed by atoms with Crippen LogP contribution in [-0.4, -0.2) is 27.4 Å². The number of carboxylic acids is 1. The molecular formula is C23H22O5. The van der Waals surface area contributed by atoms with E-state index in [9.17, 15) is 19.8 Å². The Morgan fingerprint density at radius 2 is 1.54 bits per heavy atom. The smallest absolute Gasteiger partial charge is 0.339 e. The van der Waals surface area contributed by atoms with Gasteiger partial charge in [-0.15, -0.1) is 0 Å². The van der Waals surface area contributed by atoms with Crippen molar-refractivity contribution >= 4 is 17.3 Å². The number of aryl methyl sites for hydroxylation is 2. The fourth-order valence-corrected chi connectivity index (χ4v) is 3.06. The molecule has 0 bridgehead atoms. The third kappa shape index (κ3) is 3.94. The van der Waals surface area contributed by atoms with Crippen molar-refractivity contribution in [1.82, 2.24) is 0 Å². The number of aromatic carboxylic acids is 1. The first-order chi connectivity index (χ1) is 12.8. The zero-order chi connectivity index (χ0) is 19.7. The number of rotatable bonds is 3. The maximum absolute atomic E-state index is 11.8. The van der Waals surface area contributed by atoms with Gasteiger partial charge in [0.25, 0.3) is 0 Å². The summed E-state index contributed by atoms with van der Waals surface area (Å²) in [6.07, 6.45) is 5.07. The van der Waals surface area contributed by atoms with Crippen molar-refractivity contribution in [3.8, 4) is 5.75 Å². The maximum atomic E-state index is 11.8. The van der Waals surface area contributed by atoms with Crippen molar-refractivity contribution in [3.05, 3.63) is 93.6 Å². The van der Waals surface area contributed by atoms with Crippen LogP contribution in [0.3, 0.4) is 0 Å². The molecule has 4 N–H and O–H groups in total. The molecule has 0 saturated carbocycles. The summed E-state index contributed by atoms with van der Waals surface area (Å²) in [4.78, 5) is 23.3. The Hall–Kier alpha value is -3.44. The fourth-order valence-electron chi connectivity index (χ4n) is 3.06. The van der Waals surface area contributed by atoms with Crippen molar-refractivity contribution in [2.24, 2.45) is 0 Å². The van der Waals surface area contributed by atoms with Gasteiger partial charge in [-0.2, -0.15) is 0 Å². The molecule has 2 aromatic carbocycles. The molecule has 28 heavy (non-hydrogen) atoms. The lowest BCUT2D eigenvalue weighted by molar-refractivity contribution is -0.111. The predicted octanol–water partition coefficient (Wildman–Crippen LogP) is 3.77. The van der Waals surface area contributed by atoms with Gasteiger partial charge in [0.1, 0.15) is 11.3 Å². The van der Waals surface area contributed by atoms with Crippen LogP contribution in [-0.2, 0) is 4.79 Å². The summed E-state index contributed by atoms with van der Waals surface area (Å²) >= 11 is 0. The van der Waals surface area contributed by atoms with Crippen LogP contribution in [0.5, 0.6) is 5.75 Å². The first-order valence-electron chi connectivity index (χ1n) is 8.57. The van der Waals surface area contributed by atoms with Gasteiger partial charge in [-0.05, 0) is 84.0 Å². The highest BCUT2D eigenvalue weighted by molar-refractivity contribution is 6.07. The van der Waals surface area contributed by atoms with E-state index in [-0.39, 0.29) is 22.6 Å². The van der Waals surface area contributed by atoms with Crippen LogP contribution in [0.25, 0.3) is 5.57 Å². The molecule has 0 heterocycles. The van der Waals surface area contributed by atoms with Gasteiger partial charge in [0, 0.05) is 0 Å². The third-order valence-electron chi connectivity index (χ3n) is 4.77. The predicted molar refractivity (Wildman–Crippen MR) is 109 cm³/mol. The summed E-state index contributed by atoms with van der Waals surface area (Å²) in [6.45, 7) is 5.80. The van der Waals surface area contributed by atoms with Crippen LogP contribution in [0, 0.1) is 13.8 Å². The highest BCUT2D eigenvalue weighted by Gasteiger charge is 2.17. The molecule has 2 aromatic rings. The Kier molecular flexibility index (Phi) is 6.01. The quantitative estimate of drug-likeness (QED) is 0.848.